The molecule has 2 aromatic rings. The standard InChI is InChI=1S/C18H16N4O3S/c1-23-15-6-10(2-3-14(15)25-11-4-5-24-9-11)16-12(7-19)17(21)22-18(26)13(16)8-20/h2-3,6,11H,4-5,9H2,1H3,(H3,21,22,26). The number of nitrogens with two attached hydrogens (primary N) is 1. The molecule has 1 saturated heterocycles. The molecule has 1 fully saturated rings. The number of pyridine rings is 1. The van der Waals surface area contributed by atoms with Crippen LogP contribution in [0.1, 0.15) is 17.5 Å². The minimum absolute atomic E-state index is 0.0221. The van der Waals surface area contributed by atoms with Gasteiger partial charge in [0, 0.05) is 12.0 Å². The van der Waals surface area contributed by atoms with Crippen molar-refractivity contribution < 1.29 is 14.2 Å². The molecule has 132 valence electrons. The van der Waals surface area contributed by atoms with E-state index in [1.807, 2.05) is 12.1 Å². The van der Waals surface area contributed by atoms with Gasteiger partial charge in [0.2, 0.25) is 0 Å². The van der Waals surface area contributed by atoms with Gasteiger partial charge >= 0.3 is 0 Å². The first-order valence-electron chi connectivity index (χ1n) is 7.84. The summed E-state index contributed by atoms with van der Waals surface area (Å²) in [6, 6.07) is 9.25. The van der Waals surface area contributed by atoms with Crippen molar-refractivity contribution in [3.8, 4) is 34.8 Å². The first kappa shape index (κ1) is 17.9. The summed E-state index contributed by atoms with van der Waals surface area (Å²) in [5.74, 6) is 1.07. The van der Waals surface area contributed by atoms with Crippen LogP contribution in [0, 0.1) is 22.7 Å². The second kappa shape index (κ2) is 7.52. The average Bonchev–Trinajstić information content (AvgIpc) is 3.14. The van der Waals surface area contributed by atoms with E-state index in [2.05, 4.69) is 17.6 Å². The fourth-order valence-electron chi connectivity index (χ4n) is 2.80. The number of anilines is 1. The molecule has 3 rings (SSSR count). The van der Waals surface area contributed by atoms with Crippen LogP contribution in [0.25, 0.3) is 11.1 Å². The second-order valence-corrected chi connectivity index (χ2v) is 6.06. The zero-order valence-electron chi connectivity index (χ0n) is 14.0. The predicted molar refractivity (Wildman–Crippen MR) is 97.2 cm³/mol. The Morgan fingerprint density at radius 1 is 1.27 bits per heavy atom. The minimum Gasteiger partial charge on any atom is -0.493 e. The maximum Gasteiger partial charge on any atom is 0.161 e. The number of benzene rings is 1. The first-order valence-corrected chi connectivity index (χ1v) is 8.29. The van der Waals surface area contributed by atoms with Gasteiger partial charge in [0.25, 0.3) is 0 Å². The molecule has 26 heavy (non-hydrogen) atoms. The molecule has 8 heteroatoms. The van der Waals surface area contributed by atoms with Crippen LogP contribution < -0.4 is 15.2 Å². The van der Waals surface area contributed by atoms with Crippen LogP contribution in [0.4, 0.5) is 5.82 Å². The molecule has 0 amide bonds. The summed E-state index contributed by atoms with van der Waals surface area (Å²) in [5.41, 5.74) is 7.11. The lowest BCUT2D eigenvalue weighted by atomic mass is 9.96. The SMILES string of the molecule is COc1cc(-c2c(C#N)c(N)nc(S)c2C#N)ccc1OC1CCOC1. The summed E-state index contributed by atoms with van der Waals surface area (Å²) in [6.45, 7) is 1.20. The topological polar surface area (TPSA) is 114 Å². The number of rotatable bonds is 4. The number of nitriles is 2. The van der Waals surface area contributed by atoms with Crippen molar-refractivity contribution in [2.24, 2.45) is 0 Å². The lowest BCUT2D eigenvalue weighted by Crippen LogP contribution is -2.16. The minimum atomic E-state index is -0.0281. The van der Waals surface area contributed by atoms with E-state index in [9.17, 15) is 10.5 Å². The predicted octanol–water partition coefficient (Wildman–Crippen LogP) is 2.54. The summed E-state index contributed by atoms with van der Waals surface area (Å²) in [6.07, 6.45) is 0.783. The molecule has 1 aliphatic heterocycles. The van der Waals surface area contributed by atoms with E-state index < -0.39 is 0 Å². The third-order valence-corrected chi connectivity index (χ3v) is 4.39. The fourth-order valence-corrected chi connectivity index (χ4v) is 3.07. The maximum atomic E-state index is 9.48. The van der Waals surface area contributed by atoms with Gasteiger partial charge in [-0.25, -0.2) is 4.98 Å². The molecular formula is C18H16N4O3S. The van der Waals surface area contributed by atoms with Crippen LogP contribution in [-0.2, 0) is 4.74 Å². The summed E-state index contributed by atoms with van der Waals surface area (Å²) in [4.78, 5) is 3.96. The van der Waals surface area contributed by atoms with E-state index in [-0.39, 0.29) is 28.1 Å². The molecule has 0 aliphatic carbocycles. The Morgan fingerprint density at radius 3 is 2.65 bits per heavy atom. The summed E-state index contributed by atoms with van der Waals surface area (Å²) < 4.78 is 16.7. The largest absolute Gasteiger partial charge is 0.493 e. The Labute approximate surface area is 156 Å². The lowest BCUT2D eigenvalue weighted by molar-refractivity contribution is 0.138. The second-order valence-electron chi connectivity index (χ2n) is 5.64. The number of nitrogen functional groups attached to an aromatic ring is 1. The number of methoxy groups -OCH3 is 1. The van der Waals surface area contributed by atoms with Gasteiger partial charge in [-0.05, 0) is 17.7 Å². The van der Waals surface area contributed by atoms with Crippen LogP contribution in [0.5, 0.6) is 11.5 Å². The number of nitrogens with zero attached hydrogens (tertiary/aromatic N) is 3. The van der Waals surface area contributed by atoms with Crippen molar-refractivity contribution in [2.75, 3.05) is 26.1 Å². The van der Waals surface area contributed by atoms with Crippen LogP contribution in [-0.4, -0.2) is 31.4 Å². The monoisotopic (exact) mass is 368 g/mol. The van der Waals surface area contributed by atoms with Crippen molar-refractivity contribution in [2.45, 2.75) is 17.6 Å². The molecule has 0 spiro atoms. The fraction of sp³-hybridized carbons (Fsp3) is 0.278. The third-order valence-electron chi connectivity index (χ3n) is 4.06. The van der Waals surface area contributed by atoms with E-state index in [0.29, 0.717) is 35.8 Å². The quantitative estimate of drug-likeness (QED) is 0.797. The molecular weight excluding hydrogens is 352 g/mol. The first-order chi connectivity index (χ1) is 12.6. The van der Waals surface area contributed by atoms with Gasteiger partial charge in [-0.3, -0.25) is 0 Å². The smallest absolute Gasteiger partial charge is 0.161 e. The highest BCUT2D eigenvalue weighted by molar-refractivity contribution is 7.80. The van der Waals surface area contributed by atoms with Crippen molar-refractivity contribution in [1.82, 2.24) is 4.98 Å². The molecule has 2 N–H and O–H groups in total. The molecule has 1 aliphatic rings. The Balaban J connectivity index is 2.11. The van der Waals surface area contributed by atoms with Crippen LogP contribution in [0.15, 0.2) is 23.2 Å². The number of aromatic nitrogens is 1. The molecule has 0 saturated carbocycles. The normalized spacial score (nSPS) is 15.9. The van der Waals surface area contributed by atoms with Gasteiger partial charge in [-0.2, -0.15) is 10.5 Å². The molecule has 7 nitrogen and oxygen atoms in total. The van der Waals surface area contributed by atoms with E-state index in [1.165, 1.54) is 7.11 Å². The van der Waals surface area contributed by atoms with E-state index >= 15 is 0 Å². The zero-order chi connectivity index (χ0) is 18.7. The molecule has 1 atom stereocenters. The highest BCUT2D eigenvalue weighted by Gasteiger charge is 2.22. The third kappa shape index (κ3) is 3.25. The van der Waals surface area contributed by atoms with E-state index in [4.69, 9.17) is 19.9 Å². The highest BCUT2D eigenvalue weighted by Crippen LogP contribution is 2.38. The van der Waals surface area contributed by atoms with Crippen LogP contribution in [0.3, 0.4) is 0 Å². The van der Waals surface area contributed by atoms with Gasteiger partial charge < -0.3 is 19.9 Å². The summed E-state index contributed by atoms with van der Waals surface area (Å²) in [5, 5.41) is 19.1. The maximum absolute atomic E-state index is 9.48. The molecule has 1 aromatic carbocycles. The molecule has 0 bridgehead atoms. The van der Waals surface area contributed by atoms with E-state index in [0.717, 1.165) is 6.42 Å². The highest BCUT2D eigenvalue weighted by atomic mass is 32.1. The Morgan fingerprint density at radius 2 is 2.04 bits per heavy atom. The molecule has 0 radical (unpaired) electrons. The summed E-state index contributed by atoms with van der Waals surface area (Å²) >= 11 is 4.21. The van der Waals surface area contributed by atoms with Crippen molar-refractivity contribution in [3.63, 3.8) is 0 Å². The average molecular weight is 368 g/mol. The number of ether oxygens (including phenoxy) is 3. The molecule has 2 heterocycles. The number of hydrogen-bond donors (Lipinski definition) is 2. The van der Waals surface area contributed by atoms with Gasteiger partial charge in [0.05, 0.1) is 25.9 Å². The van der Waals surface area contributed by atoms with Crippen LogP contribution >= 0.6 is 12.6 Å². The Hall–Kier alpha value is -2.94. The molecule has 1 aromatic heterocycles. The zero-order valence-corrected chi connectivity index (χ0v) is 14.9. The summed E-state index contributed by atoms with van der Waals surface area (Å²) in [7, 11) is 1.53. The van der Waals surface area contributed by atoms with Crippen molar-refractivity contribution in [1.29, 1.82) is 10.5 Å². The Bertz CT molecular complexity index is 889. The van der Waals surface area contributed by atoms with Gasteiger partial charge in [0.15, 0.2) is 11.5 Å². The van der Waals surface area contributed by atoms with Crippen molar-refractivity contribution >= 4 is 18.4 Å². The van der Waals surface area contributed by atoms with Gasteiger partial charge in [0.1, 0.15) is 34.6 Å². The van der Waals surface area contributed by atoms with Crippen LogP contribution in [0.2, 0.25) is 0 Å². The van der Waals surface area contributed by atoms with Crippen molar-refractivity contribution in [3.05, 3.63) is 29.3 Å². The Kier molecular flexibility index (Phi) is 5.17. The van der Waals surface area contributed by atoms with Gasteiger partial charge in [-0.15, -0.1) is 12.6 Å². The number of hydrogen-bond acceptors (Lipinski definition) is 8. The van der Waals surface area contributed by atoms with Gasteiger partial charge in [-0.1, -0.05) is 6.07 Å². The number of thiol groups is 1. The van der Waals surface area contributed by atoms with E-state index in [1.54, 1.807) is 18.2 Å². The molecule has 1 unspecified atom stereocenters. The lowest BCUT2D eigenvalue weighted by Gasteiger charge is -2.17.